The van der Waals surface area contributed by atoms with Gasteiger partial charge in [-0.15, -0.1) is 0 Å². The van der Waals surface area contributed by atoms with Crippen molar-refractivity contribution < 1.29 is 14.7 Å². The van der Waals surface area contributed by atoms with Crippen LogP contribution in [0.5, 0.6) is 0 Å². The molecule has 1 fully saturated rings. The van der Waals surface area contributed by atoms with Crippen LogP contribution in [0.1, 0.15) is 29.3 Å². The Bertz CT molecular complexity index is 755. The van der Waals surface area contributed by atoms with Crippen molar-refractivity contribution in [1.82, 2.24) is 14.7 Å². The van der Waals surface area contributed by atoms with Gasteiger partial charge in [0.25, 0.3) is 5.91 Å². The molecule has 6 heteroatoms. The summed E-state index contributed by atoms with van der Waals surface area (Å²) in [5, 5.41) is 13.5. The Labute approximate surface area is 140 Å². The summed E-state index contributed by atoms with van der Waals surface area (Å²) in [6.07, 6.45) is 4.18. The van der Waals surface area contributed by atoms with Gasteiger partial charge in [0.2, 0.25) is 0 Å². The molecule has 3 rings (SSSR count). The Balaban J connectivity index is 1.82. The summed E-state index contributed by atoms with van der Waals surface area (Å²) >= 11 is 0. The summed E-state index contributed by atoms with van der Waals surface area (Å²) in [6.45, 7) is 4.80. The average molecular weight is 327 g/mol. The molecule has 6 nitrogen and oxygen atoms in total. The molecule has 0 saturated carbocycles. The van der Waals surface area contributed by atoms with E-state index in [1.807, 2.05) is 38.2 Å². The summed E-state index contributed by atoms with van der Waals surface area (Å²) < 4.78 is 1.76. The zero-order chi connectivity index (χ0) is 17.3. The minimum Gasteiger partial charge on any atom is -0.481 e. The molecule has 1 saturated heterocycles. The van der Waals surface area contributed by atoms with E-state index in [0.717, 1.165) is 11.3 Å². The third-order valence-electron chi connectivity index (χ3n) is 4.49. The van der Waals surface area contributed by atoms with Crippen LogP contribution in [-0.2, 0) is 4.79 Å². The van der Waals surface area contributed by atoms with E-state index in [1.54, 1.807) is 21.8 Å². The third-order valence-corrected chi connectivity index (χ3v) is 4.49. The van der Waals surface area contributed by atoms with Crippen molar-refractivity contribution in [2.24, 2.45) is 11.8 Å². The van der Waals surface area contributed by atoms with Gasteiger partial charge < -0.3 is 10.0 Å². The number of aliphatic carboxylic acids is 1. The van der Waals surface area contributed by atoms with Crippen LogP contribution in [0.2, 0.25) is 0 Å². The molecule has 1 amide bonds. The van der Waals surface area contributed by atoms with Crippen molar-refractivity contribution in [2.45, 2.75) is 20.3 Å². The second-order valence-corrected chi connectivity index (χ2v) is 6.54. The summed E-state index contributed by atoms with van der Waals surface area (Å²) in [7, 11) is 0. The first-order valence-electron chi connectivity index (χ1n) is 8.08. The van der Waals surface area contributed by atoms with Crippen molar-refractivity contribution >= 4 is 11.9 Å². The highest BCUT2D eigenvalue weighted by Gasteiger charge is 2.32. The van der Waals surface area contributed by atoms with E-state index in [4.69, 9.17) is 0 Å². The van der Waals surface area contributed by atoms with E-state index in [0.29, 0.717) is 18.5 Å². The maximum atomic E-state index is 12.8. The quantitative estimate of drug-likeness (QED) is 0.939. The maximum Gasteiger partial charge on any atom is 0.308 e. The number of hydrogen-bond acceptors (Lipinski definition) is 3. The van der Waals surface area contributed by atoms with E-state index in [-0.39, 0.29) is 18.4 Å². The van der Waals surface area contributed by atoms with Gasteiger partial charge in [0, 0.05) is 31.0 Å². The van der Waals surface area contributed by atoms with Gasteiger partial charge in [0.15, 0.2) is 0 Å². The van der Waals surface area contributed by atoms with Crippen LogP contribution in [0.3, 0.4) is 0 Å². The summed E-state index contributed by atoms with van der Waals surface area (Å²) in [5.41, 5.74) is 2.46. The molecule has 126 valence electrons. The van der Waals surface area contributed by atoms with Gasteiger partial charge in [-0.1, -0.05) is 6.92 Å². The summed E-state index contributed by atoms with van der Waals surface area (Å²) in [4.78, 5) is 25.7. The summed E-state index contributed by atoms with van der Waals surface area (Å²) in [6, 6.07) is 7.34. The van der Waals surface area contributed by atoms with Gasteiger partial charge in [-0.3, -0.25) is 9.59 Å². The zero-order valence-corrected chi connectivity index (χ0v) is 13.8. The average Bonchev–Trinajstić information content (AvgIpc) is 3.07. The number of aryl methyl sites for hydroxylation is 1. The van der Waals surface area contributed by atoms with E-state index < -0.39 is 11.9 Å². The van der Waals surface area contributed by atoms with Gasteiger partial charge in [-0.25, -0.2) is 4.68 Å². The molecule has 24 heavy (non-hydrogen) atoms. The molecule has 1 N–H and O–H groups in total. The largest absolute Gasteiger partial charge is 0.481 e. The van der Waals surface area contributed by atoms with E-state index >= 15 is 0 Å². The number of likely N-dealkylation sites (tertiary alicyclic amines) is 1. The van der Waals surface area contributed by atoms with Crippen molar-refractivity contribution in [1.29, 1.82) is 0 Å². The predicted octanol–water partition coefficient (Wildman–Crippen LogP) is 2.36. The smallest absolute Gasteiger partial charge is 0.308 e. The van der Waals surface area contributed by atoms with Crippen LogP contribution in [0.15, 0.2) is 36.7 Å². The maximum absolute atomic E-state index is 12.8. The number of carboxylic acids is 1. The topological polar surface area (TPSA) is 75.4 Å². The first-order valence-corrected chi connectivity index (χ1v) is 8.08. The van der Waals surface area contributed by atoms with Crippen molar-refractivity contribution in [2.75, 3.05) is 13.1 Å². The Morgan fingerprint density at radius 2 is 2.08 bits per heavy atom. The number of nitrogens with zero attached hydrogens (tertiary/aromatic N) is 3. The van der Waals surface area contributed by atoms with Gasteiger partial charge in [-0.2, -0.15) is 5.10 Å². The van der Waals surface area contributed by atoms with Crippen LogP contribution in [-0.4, -0.2) is 44.8 Å². The number of benzene rings is 1. The molecule has 1 aliphatic heterocycles. The third kappa shape index (κ3) is 3.18. The fourth-order valence-electron chi connectivity index (χ4n) is 3.34. The molecule has 0 radical (unpaired) electrons. The number of carbonyl (C=O) groups excluding carboxylic acids is 1. The number of carbonyl (C=O) groups is 2. The second-order valence-electron chi connectivity index (χ2n) is 6.54. The first-order chi connectivity index (χ1) is 11.5. The lowest BCUT2D eigenvalue weighted by molar-refractivity contribution is -0.143. The van der Waals surface area contributed by atoms with Gasteiger partial charge >= 0.3 is 5.97 Å². The minimum absolute atomic E-state index is 0.108. The fraction of sp³-hybridized carbons (Fsp3) is 0.389. The zero-order valence-electron chi connectivity index (χ0n) is 13.8. The molecule has 1 aromatic carbocycles. The lowest BCUT2D eigenvalue weighted by Crippen LogP contribution is -2.45. The number of hydrogen-bond donors (Lipinski definition) is 1. The lowest BCUT2D eigenvalue weighted by Gasteiger charge is -2.34. The van der Waals surface area contributed by atoms with Crippen LogP contribution in [0, 0.1) is 18.8 Å². The number of aromatic nitrogens is 2. The molecule has 0 spiro atoms. The Kier molecular flexibility index (Phi) is 4.38. The summed E-state index contributed by atoms with van der Waals surface area (Å²) in [5.74, 6) is -1.23. The Morgan fingerprint density at radius 3 is 2.71 bits per heavy atom. The second kappa shape index (κ2) is 6.47. The molecule has 0 aliphatic carbocycles. The van der Waals surface area contributed by atoms with Crippen LogP contribution >= 0.6 is 0 Å². The van der Waals surface area contributed by atoms with E-state index in [9.17, 15) is 14.7 Å². The first kappa shape index (κ1) is 16.2. The van der Waals surface area contributed by atoms with Gasteiger partial charge in [0.1, 0.15) is 0 Å². The van der Waals surface area contributed by atoms with Crippen molar-refractivity contribution in [3.63, 3.8) is 0 Å². The van der Waals surface area contributed by atoms with Crippen molar-refractivity contribution in [3.8, 4) is 5.69 Å². The number of carboxylic acid groups (broad SMARTS) is 1. The predicted molar refractivity (Wildman–Crippen MR) is 89.1 cm³/mol. The monoisotopic (exact) mass is 327 g/mol. The molecule has 1 aromatic heterocycles. The molecular formula is C18H21N3O3. The molecule has 2 aromatic rings. The van der Waals surface area contributed by atoms with Crippen LogP contribution < -0.4 is 0 Å². The number of amides is 1. The normalized spacial score (nSPS) is 20.8. The Morgan fingerprint density at radius 1 is 1.29 bits per heavy atom. The molecule has 2 heterocycles. The van der Waals surface area contributed by atoms with E-state index in [1.165, 1.54) is 0 Å². The molecule has 0 bridgehead atoms. The molecule has 2 atom stereocenters. The van der Waals surface area contributed by atoms with E-state index in [2.05, 4.69) is 5.10 Å². The highest BCUT2D eigenvalue weighted by molar-refractivity contribution is 5.95. The number of piperidine rings is 1. The SMILES string of the molecule is Cc1cc(C(=O)N2CC(C)CC(C(=O)O)C2)ccc1-n1cccn1. The van der Waals surface area contributed by atoms with Crippen LogP contribution in [0.4, 0.5) is 0 Å². The van der Waals surface area contributed by atoms with Crippen molar-refractivity contribution in [3.05, 3.63) is 47.8 Å². The van der Waals surface area contributed by atoms with Crippen LogP contribution in [0.25, 0.3) is 5.69 Å². The molecular weight excluding hydrogens is 306 g/mol. The minimum atomic E-state index is -0.829. The van der Waals surface area contributed by atoms with Gasteiger partial charge in [0.05, 0.1) is 11.6 Å². The standard InChI is InChI=1S/C18H21N3O3/c1-12-8-15(18(23)24)11-20(10-12)17(22)14-4-5-16(13(2)9-14)21-7-3-6-19-21/h3-7,9,12,15H,8,10-11H2,1-2H3,(H,23,24). The Hall–Kier alpha value is -2.63. The molecule has 2 unspecified atom stereocenters. The number of rotatable bonds is 3. The highest BCUT2D eigenvalue weighted by Crippen LogP contribution is 2.24. The highest BCUT2D eigenvalue weighted by atomic mass is 16.4. The lowest BCUT2D eigenvalue weighted by atomic mass is 9.90. The van der Waals surface area contributed by atoms with Gasteiger partial charge in [-0.05, 0) is 49.1 Å². The molecule has 1 aliphatic rings. The fourth-order valence-corrected chi connectivity index (χ4v) is 3.34.